The Balaban J connectivity index is 1.40. The minimum Gasteiger partial charge on any atom is -0.481 e. The molecule has 1 aliphatic carbocycles. The molecule has 0 bridgehead atoms. The summed E-state index contributed by atoms with van der Waals surface area (Å²) in [4.78, 5) is 50.4. The van der Waals surface area contributed by atoms with Gasteiger partial charge >= 0.3 is 17.9 Å². The second kappa shape index (κ2) is 14.3. The summed E-state index contributed by atoms with van der Waals surface area (Å²) in [5, 5.41) is 14.9. The third kappa shape index (κ3) is 7.76. The van der Waals surface area contributed by atoms with Gasteiger partial charge in [-0.1, -0.05) is 109 Å². The van der Waals surface area contributed by atoms with Crippen molar-refractivity contribution >= 4 is 23.8 Å². The molecule has 1 heterocycles. The van der Waals surface area contributed by atoms with Gasteiger partial charge < -0.3 is 19.9 Å². The van der Waals surface area contributed by atoms with E-state index in [9.17, 15) is 19.2 Å². The molecule has 2 aliphatic rings. The SMILES string of the molecule is O=C(O)CCNC(=O)[C@H](Cc1ccccc1)NC(Cc1ccc(-c2ccccc2)cc1)C(=O)OC1=C2C=CC=CC2C(=O)O1. The van der Waals surface area contributed by atoms with Gasteiger partial charge in [0, 0.05) is 6.54 Å². The number of hydrogen-bond acceptors (Lipinski definition) is 7. The van der Waals surface area contributed by atoms with Gasteiger partial charge in [-0.25, -0.2) is 4.79 Å². The first-order valence-corrected chi connectivity index (χ1v) is 14.3. The monoisotopic (exact) mass is 592 g/mol. The average Bonchev–Trinajstić information content (AvgIpc) is 3.36. The lowest BCUT2D eigenvalue weighted by atomic mass is 9.97. The average molecular weight is 593 g/mol. The number of amides is 1. The number of benzene rings is 3. The normalized spacial score (nSPS) is 16.5. The number of esters is 2. The van der Waals surface area contributed by atoms with Crippen molar-refractivity contribution in [3.05, 3.63) is 132 Å². The van der Waals surface area contributed by atoms with Gasteiger partial charge in [0.15, 0.2) is 0 Å². The van der Waals surface area contributed by atoms with Crippen molar-refractivity contribution in [2.24, 2.45) is 5.92 Å². The number of fused-ring (bicyclic) bond motifs is 1. The highest BCUT2D eigenvalue weighted by Crippen LogP contribution is 2.32. The molecule has 1 aliphatic heterocycles. The number of allylic oxidation sites excluding steroid dienone is 3. The Hall–Kier alpha value is -5.28. The van der Waals surface area contributed by atoms with E-state index in [1.54, 1.807) is 24.3 Å². The number of ether oxygens (including phenoxy) is 2. The molecule has 0 fully saturated rings. The van der Waals surface area contributed by atoms with Crippen LogP contribution in [0.3, 0.4) is 0 Å². The van der Waals surface area contributed by atoms with Crippen LogP contribution in [-0.2, 0) is 41.5 Å². The molecule has 0 spiro atoms. The summed E-state index contributed by atoms with van der Waals surface area (Å²) in [5.74, 6) is -3.59. The topological polar surface area (TPSA) is 131 Å². The number of carbonyl (C=O) groups is 4. The van der Waals surface area contributed by atoms with Crippen molar-refractivity contribution in [1.29, 1.82) is 0 Å². The number of aliphatic carboxylic acids is 1. The number of carboxylic acid groups (broad SMARTS) is 1. The van der Waals surface area contributed by atoms with Crippen LogP contribution in [0, 0.1) is 5.92 Å². The van der Waals surface area contributed by atoms with E-state index in [1.807, 2.05) is 84.9 Å². The highest BCUT2D eigenvalue weighted by Gasteiger charge is 2.38. The third-order valence-electron chi connectivity index (χ3n) is 7.33. The first-order chi connectivity index (χ1) is 21.4. The minimum absolute atomic E-state index is 0.0648. The van der Waals surface area contributed by atoms with Gasteiger partial charge in [-0.2, -0.15) is 0 Å². The summed E-state index contributed by atoms with van der Waals surface area (Å²) < 4.78 is 11.0. The fourth-order valence-corrected chi connectivity index (χ4v) is 5.04. The molecule has 3 atom stereocenters. The standard InChI is InChI=1S/C35H32N2O7/c38-31(39)19-20-36-32(40)29(21-23-9-3-1-4-10-23)37-30(22-24-15-17-26(18-16-24)25-11-5-2-6-12-25)34(42)44-35-28-14-8-7-13-27(28)33(41)43-35/h1-18,27,29-30,37H,19-22H2,(H,36,40)(H,38,39)/t27?,29-,30?/m0/s1. The van der Waals surface area contributed by atoms with Crippen molar-refractivity contribution in [2.45, 2.75) is 31.3 Å². The number of hydrogen-bond donors (Lipinski definition) is 3. The van der Waals surface area contributed by atoms with Crippen LogP contribution in [0.2, 0.25) is 0 Å². The maximum Gasteiger partial charge on any atom is 0.331 e. The summed E-state index contributed by atoms with van der Waals surface area (Å²) in [6.45, 7) is -0.0648. The third-order valence-corrected chi connectivity index (χ3v) is 7.33. The van der Waals surface area contributed by atoms with E-state index in [4.69, 9.17) is 14.6 Å². The van der Waals surface area contributed by atoms with Crippen molar-refractivity contribution < 1.29 is 33.8 Å². The lowest BCUT2D eigenvalue weighted by Gasteiger charge is -2.25. The van der Waals surface area contributed by atoms with Crippen LogP contribution in [0.4, 0.5) is 0 Å². The van der Waals surface area contributed by atoms with E-state index in [-0.39, 0.29) is 31.8 Å². The van der Waals surface area contributed by atoms with Crippen molar-refractivity contribution in [1.82, 2.24) is 10.6 Å². The Morgan fingerprint density at radius 3 is 2.16 bits per heavy atom. The van der Waals surface area contributed by atoms with Crippen LogP contribution in [-0.4, -0.2) is 47.6 Å². The highest BCUT2D eigenvalue weighted by atomic mass is 16.7. The number of carboxylic acids is 1. The van der Waals surface area contributed by atoms with E-state index in [0.29, 0.717) is 5.57 Å². The molecule has 0 saturated carbocycles. The Morgan fingerprint density at radius 1 is 0.818 bits per heavy atom. The molecule has 44 heavy (non-hydrogen) atoms. The second-order valence-electron chi connectivity index (χ2n) is 10.5. The Bertz CT molecular complexity index is 1590. The van der Waals surface area contributed by atoms with Crippen LogP contribution < -0.4 is 10.6 Å². The van der Waals surface area contributed by atoms with E-state index >= 15 is 0 Å². The lowest BCUT2D eigenvalue weighted by Crippen LogP contribution is -2.53. The number of cyclic esters (lactones) is 1. The minimum atomic E-state index is -1.04. The summed E-state index contributed by atoms with van der Waals surface area (Å²) in [6, 6.07) is 25.0. The maximum atomic E-state index is 13.7. The first kappa shape index (κ1) is 30.2. The zero-order chi connectivity index (χ0) is 30.9. The maximum absolute atomic E-state index is 13.7. The Kier molecular flexibility index (Phi) is 9.78. The Labute approximate surface area is 254 Å². The largest absolute Gasteiger partial charge is 0.481 e. The predicted molar refractivity (Wildman–Crippen MR) is 163 cm³/mol. The molecule has 1 amide bonds. The van der Waals surface area contributed by atoms with E-state index in [0.717, 1.165) is 22.3 Å². The molecule has 9 heteroatoms. The molecule has 2 unspecified atom stereocenters. The van der Waals surface area contributed by atoms with Crippen LogP contribution >= 0.6 is 0 Å². The summed E-state index contributed by atoms with van der Waals surface area (Å²) in [7, 11) is 0. The molecule has 0 aromatic heterocycles. The molecule has 3 N–H and O–H groups in total. The van der Waals surface area contributed by atoms with Gasteiger partial charge in [0.25, 0.3) is 5.95 Å². The summed E-state index contributed by atoms with van der Waals surface area (Å²) in [6.07, 6.45) is 6.93. The van der Waals surface area contributed by atoms with E-state index in [1.165, 1.54) is 0 Å². The highest BCUT2D eigenvalue weighted by molar-refractivity contribution is 5.86. The molecule has 9 nitrogen and oxygen atoms in total. The quantitative estimate of drug-likeness (QED) is 0.253. The van der Waals surface area contributed by atoms with Gasteiger partial charge in [0.1, 0.15) is 12.0 Å². The van der Waals surface area contributed by atoms with Crippen LogP contribution in [0.15, 0.2) is 121 Å². The predicted octanol–water partition coefficient (Wildman–Crippen LogP) is 4.11. The number of rotatable bonds is 13. The fraction of sp³-hybridized carbons (Fsp3) is 0.200. The summed E-state index contributed by atoms with van der Waals surface area (Å²) >= 11 is 0. The number of carbonyl (C=O) groups excluding carboxylic acids is 3. The second-order valence-corrected chi connectivity index (χ2v) is 10.5. The zero-order valence-corrected chi connectivity index (χ0v) is 23.8. The zero-order valence-electron chi connectivity index (χ0n) is 23.8. The van der Waals surface area contributed by atoms with E-state index in [2.05, 4.69) is 10.6 Å². The molecule has 5 rings (SSSR count). The van der Waals surface area contributed by atoms with E-state index < -0.39 is 41.8 Å². The molecule has 3 aromatic rings. The number of nitrogens with one attached hydrogen (secondary N) is 2. The van der Waals surface area contributed by atoms with Gasteiger partial charge in [0.05, 0.1) is 18.0 Å². The first-order valence-electron chi connectivity index (χ1n) is 14.3. The molecular formula is C35H32N2O7. The van der Waals surface area contributed by atoms with Crippen LogP contribution in [0.1, 0.15) is 17.5 Å². The van der Waals surface area contributed by atoms with Gasteiger partial charge in [0.2, 0.25) is 5.91 Å². The van der Waals surface area contributed by atoms with Crippen LogP contribution in [0.5, 0.6) is 0 Å². The van der Waals surface area contributed by atoms with Crippen LogP contribution in [0.25, 0.3) is 11.1 Å². The summed E-state index contributed by atoms with van der Waals surface area (Å²) in [5.41, 5.74) is 4.16. The van der Waals surface area contributed by atoms with Gasteiger partial charge in [-0.05, 0) is 35.1 Å². The molecule has 0 saturated heterocycles. The molecule has 224 valence electrons. The molecule has 3 aromatic carbocycles. The van der Waals surface area contributed by atoms with Gasteiger partial charge in [-0.15, -0.1) is 0 Å². The molecular weight excluding hydrogens is 560 g/mol. The van der Waals surface area contributed by atoms with Gasteiger partial charge in [-0.3, -0.25) is 19.7 Å². The smallest absolute Gasteiger partial charge is 0.331 e. The fourth-order valence-electron chi connectivity index (χ4n) is 5.04. The Morgan fingerprint density at radius 2 is 1.45 bits per heavy atom. The lowest BCUT2D eigenvalue weighted by molar-refractivity contribution is -0.153. The van der Waals surface area contributed by atoms with Crippen molar-refractivity contribution in [3.63, 3.8) is 0 Å². The van der Waals surface area contributed by atoms with Crippen molar-refractivity contribution in [2.75, 3.05) is 6.54 Å². The molecule has 0 radical (unpaired) electrons. The van der Waals surface area contributed by atoms with Crippen molar-refractivity contribution in [3.8, 4) is 11.1 Å².